The third-order valence-electron chi connectivity index (χ3n) is 4.04. The largest absolute Gasteiger partial charge is 0.383 e. The number of aromatic nitrogens is 1. The monoisotopic (exact) mass is 264 g/mol. The van der Waals surface area contributed by atoms with Crippen LogP contribution in [0, 0.1) is 5.92 Å². The second-order valence-corrected chi connectivity index (χ2v) is 5.47. The molecule has 4 heteroatoms. The minimum atomic E-state index is 0.191. The van der Waals surface area contributed by atoms with Crippen LogP contribution in [0.5, 0.6) is 0 Å². The van der Waals surface area contributed by atoms with Crippen LogP contribution < -0.4 is 0 Å². The number of Topliss-reactive ketones (excluding diaryl/α,β-unsaturated/α-hetero) is 1. The van der Waals surface area contributed by atoms with Crippen molar-refractivity contribution in [3.05, 3.63) is 24.0 Å². The van der Waals surface area contributed by atoms with Gasteiger partial charge in [-0.1, -0.05) is 0 Å². The molecule has 1 heterocycles. The van der Waals surface area contributed by atoms with Gasteiger partial charge in [-0.05, 0) is 37.8 Å². The minimum absolute atomic E-state index is 0.191. The van der Waals surface area contributed by atoms with Gasteiger partial charge in [0.15, 0.2) is 5.78 Å². The summed E-state index contributed by atoms with van der Waals surface area (Å²) in [7, 11) is 3.62. The van der Waals surface area contributed by atoms with E-state index in [9.17, 15) is 4.79 Å². The maximum absolute atomic E-state index is 12.3. The van der Waals surface area contributed by atoms with Crippen LogP contribution in [-0.4, -0.2) is 48.1 Å². The average molecular weight is 264 g/mol. The Labute approximate surface area is 115 Å². The lowest BCUT2D eigenvalue weighted by atomic mass is 10.1. The van der Waals surface area contributed by atoms with E-state index in [0.717, 1.165) is 18.2 Å². The number of nitrogens with zero attached hydrogens (tertiary/aromatic N) is 2. The molecule has 1 fully saturated rings. The van der Waals surface area contributed by atoms with Crippen LogP contribution in [0.1, 0.15) is 30.3 Å². The summed E-state index contributed by atoms with van der Waals surface area (Å²) in [6, 6.07) is 4.27. The van der Waals surface area contributed by atoms with E-state index in [1.54, 1.807) is 7.11 Å². The van der Waals surface area contributed by atoms with E-state index in [0.29, 0.717) is 19.2 Å². The average Bonchev–Trinajstić information content (AvgIpc) is 3.15. The molecule has 2 rings (SSSR count). The minimum Gasteiger partial charge on any atom is -0.383 e. The maximum atomic E-state index is 12.3. The summed E-state index contributed by atoms with van der Waals surface area (Å²) in [4.78, 5) is 14.6. The zero-order chi connectivity index (χ0) is 13.8. The summed E-state index contributed by atoms with van der Waals surface area (Å²) in [6.07, 6.45) is 4.50. The van der Waals surface area contributed by atoms with E-state index in [1.165, 1.54) is 12.8 Å². The van der Waals surface area contributed by atoms with Crippen molar-refractivity contribution in [3.8, 4) is 0 Å². The molecule has 1 aromatic rings. The Morgan fingerprint density at radius 2 is 2.32 bits per heavy atom. The SMILES string of the molecule is COCCN(CC(=O)c1cccn1C)C(C)C1CC1. The van der Waals surface area contributed by atoms with Crippen LogP contribution in [0.4, 0.5) is 0 Å². The van der Waals surface area contributed by atoms with E-state index < -0.39 is 0 Å². The quantitative estimate of drug-likeness (QED) is 0.673. The number of carbonyl (C=O) groups is 1. The normalized spacial score (nSPS) is 16.8. The molecule has 0 spiro atoms. The first kappa shape index (κ1) is 14.3. The van der Waals surface area contributed by atoms with Crippen LogP contribution in [0.2, 0.25) is 0 Å². The van der Waals surface area contributed by atoms with Crippen molar-refractivity contribution in [2.75, 3.05) is 26.8 Å². The Bertz CT molecular complexity index is 424. The van der Waals surface area contributed by atoms with Crippen LogP contribution in [0.15, 0.2) is 18.3 Å². The summed E-state index contributed by atoms with van der Waals surface area (Å²) in [5.41, 5.74) is 0.783. The van der Waals surface area contributed by atoms with E-state index in [4.69, 9.17) is 4.74 Å². The highest BCUT2D eigenvalue weighted by atomic mass is 16.5. The Balaban J connectivity index is 1.98. The summed E-state index contributed by atoms with van der Waals surface area (Å²) in [5.74, 6) is 0.953. The highest BCUT2D eigenvalue weighted by Gasteiger charge is 2.32. The Kier molecular flexibility index (Phi) is 4.77. The molecule has 0 aliphatic heterocycles. The Hall–Kier alpha value is -1.13. The number of methoxy groups -OCH3 is 1. The molecule has 19 heavy (non-hydrogen) atoms. The van der Waals surface area contributed by atoms with Gasteiger partial charge < -0.3 is 9.30 Å². The first-order chi connectivity index (χ1) is 9.13. The van der Waals surface area contributed by atoms with Gasteiger partial charge in [-0.2, -0.15) is 0 Å². The van der Waals surface area contributed by atoms with E-state index in [2.05, 4.69) is 11.8 Å². The number of aryl methyl sites for hydroxylation is 1. The standard InChI is InChI=1S/C15H24N2O2/c1-12(13-6-7-13)17(9-10-19-3)11-15(18)14-5-4-8-16(14)2/h4-5,8,12-13H,6-7,9-11H2,1-3H3. The van der Waals surface area contributed by atoms with Crippen molar-refractivity contribution >= 4 is 5.78 Å². The lowest BCUT2D eigenvalue weighted by Gasteiger charge is -2.28. The van der Waals surface area contributed by atoms with Crippen molar-refractivity contribution < 1.29 is 9.53 Å². The summed E-state index contributed by atoms with van der Waals surface area (Å²) in [5, 5.41) is 0. The summed E-state index contributed by atoms with van der Waals surface area (Å²) >= 11 is 0. The van der Waals surface area contributed by atoms with Gasteiger partial charge in [0.1, 0.15) is 0 Å². The number of ether oxygens (including phenoxy) is 1. The number of ketones is 1. The number of rotatable bonds is 8. The van der Waals surface area contributed by atoms with Crippen molar-refractivity contribution in [2.24, 2.45) is 13.0 Å². The first-order valence-corrected chi connectivity index (χ1v) is 7.01. The predicted molar refractivity (Wildman–Crippen MR) is 75.4 cm³/mol. The van der Waals surface area contributed by atoms with E-state index in [-0.39, 0.29) is 5.78 Å². The molecule has 1 aromatic heterocycles. The molecule has 1 saturated carbocycles. The predicted octanol–water partition coefficient (Wildman–Crippen LogP) is 1.95. The van der Waals surface area contributed by atoms with Crippen molar-refractivity contribution in [2.45, 2.75) is 25.8 Å². The smallest absolute Gasteiger partial charge is 0.193 e. The summed E-state index contributed by atoms with van der Waals surface area (Å²) < 4.78 is 7.05. The molecule has 1 aliphatic rings. The molecule has 1 atom stereocenters. The fraction of sp³-hybridized carbons (Fsp3) is 0.667. The molecule has 0 amide bonds. The molecule has 0 saturated heterocycles. The molecular formula is C15H24N2O2. The van der Waals surface area contributed by atoms with Gasteiger partial charge in [0.05, 0.1) is 18.8 Å². The second-order valence-electron chi connectivity index (χ2n) is 5.47. The first-order valence-electron chi connectivity index (χ1n) is 7.01. The number of hydrogen-bond donors (Lipinski definition) is 0. The van der Waals surface area contributed by atoms with E-state index in [1.807, 2.05) is 29.9 Å². The molecular weight excluding hydrogens is 240 g/mol. The van der Waals surface area contributed by atoms with Gasteiger partial charge >= 0.3 is 0 Å². The van der Waals surface area contributed by atoms with Gasteiger partial charge in [0.25, 0.3) is 0 Å². The molecule has 1 unspecified atom stereocenters. The van der Waals surface area contributed by atoms with Crippen LogP contribution in [-0.2, 0) is 11.8 Å². The molecule has 0 N–H and O–H groups in total. The highest BCUT2D eigenvalue weighted by molar-refractivity contribution is 5.96. The van der Waals surface area contributed by atoms with Crippen molar-refractivity contribution in [3.63, 3.8) is 0 Å². The fourth-order valence-electron chi connectivity index (χ4n) is 2.53. The topological polar surface area (TPSA) is 34.5 Å². The van der Waals surface area contributed by atoms with Gasteiger partial charge in [-0.3, -0.25) is 9.69 Å². The zero-order valence-corrected chi connectivity index (χ0v) is 12.1. The van der Waals surface area contributed by atoms with Crippen LogP contribution in [0.3, 0.4) is 0 Å². The molecule has 4 nitrogen and oxygen atoms in total. The number of carbonyl (C=O) groups excluding carboxylic acids is 1. The van der Waals surface area contributed by atoms with Gasteiger partial charge in [0.2, 0.25) is 0 Å². The molecule has 106 valence electrons. The molecule has 0 radical (unpaired) electrons. The van der Waals surface area contributed by atoms with Crippen LogP contribution in [0.25, 0.3) is 0 Å². The van der Waals surface area contributed by atoms with E-state index >= 15 is 0 Å². The van der Waals surface area contributed by atoms with Crippen molar-refractivity contribution in [1.29, 1.82) is 0 Å². The lowest BCUT2D eigenvalue weighted by Crippen LogP contribution is -2.41. The Morgan fingerprint density at radius 1 is 1.58 bits per heavy atom. The molecule has 0 aromatic carbocycles. The second kappa shape index (κ2) is 6.35. The lowest BCUT2D eigenvalue weighted by molar-refractivity contribution is 0.0809. The zero-order valence-electron chi connectivity index (χ0n) is 12.1. The molecule has 0 bridgehead atoms. The fourth-order valence-corrected chi connectivity index (χ4v) is 2.53. The van der Waals surface area contributed by atoms with Gasteiger partial charge in [0, 0.05) is 32.9 Å². The van der Waals surface area contributed by atoms with Crippen LogP contribution >= 0.6 is 0 Å². The van der Waals surface area contributed by atoms with Crippen molar-refractivity contribution in [1.82, 2.24) is 9.47 Å². The Morgan fingerprint density at radius 3 is 2.84 bits per heavy atom. The third-order valence-corrected chi connectivity index (χ3v) is 4.04. The maximum Gasteiger partial charge on any atom is 0.193 e. The number of hydrogen-bond acceptors (Lipinski definition) is 3. The molecule has 1 aliphatic carbocycles. The highest BCUT2D eigenvalue weighted by Crippen LogP contribution is 2.35. The van der Waals surface area contributed by atoms with Gasteiger partial charge in [-0.15, -0.1) is 0 Å². The summed E-state index contributed by atoms with van der Waals surface area (Å²) in [6.45, 7) is 4.21. The third kappa shape index (κ3) is 3.67. The van der Waals surface area contributed by atoms with Gasteiger partial charge in [-0.25, -0.2) is 0 Å².